The van der Waals surface area contributed by atoms with Gasteiger partial charge >= 0.3 is 0 Å². The molecule has 4 nitrogen and oxygen atoms in total. The highest BCUT2D eigenvalue weighted by Crippen LogP contribution is 2.30. The molecule has 1 aliphatic heterocycles. The standard InChI is InChI=1S/C20H25NO3/c22-17-9-10-18-16(14-17)11-13-21(20(24)19(18)23)12-5-4-8-15-6-2-1-3-7-15/h1-3,6-7,9-10,14,19-20,22-24H,4-5,8,11-13H2/t19-,20+/m0/s1. The second kappa shape index (κ2) is 7.79. The van der Waals surface area contributed by atoms with Crippen LogP contribution in [0.15, 0.2) is 48.5 Å². The second-order valence-electron chi connectivity index (χ2n) is 6.47. The zero-order chi connectivity index (χ0) is 16.9. The maximum absolute atomic E-state index is 10.5. The van der Waals surface area contributed by atoms with E-state index < -0.39 is 12.3 Å². The summed E-state index contributed by atoms with van der Waals surface area (Å²) in [5.41, 5.74) is 2.96. The Bertz CT molecular complexity index is 659. The molecule has 1 aliphatic rings. The molecule has 1 heterocycles. The molecule has 0 saturated heterocycles. The molecule has 0 radical (unpaired) electrons. The number of aromatic hydroxyl groups is 1. The lowest BCUT2D eigenvalue weighted by Gasteiger charge is -2.28. The predicted octanol–water partition coefficient (Wildman–Crippen LogP) is 2.63. The summed E-state index contributed by atoms with van der Waals surface area (Å²) < 4.78 is 0. The van der Waals surface area contributed by atoms with E-state index in [-0.39, 0.29) is 5.75 Å². The van der Waals surface area contributed by atoms with Crippen molar-refractivity contribution in [1.82, 2.24) is 4.90 Å². The summed E-state index contributed by atoms with van der Waals surface area (Å²) in [5.74, 6) is 0.201. The first-order valence-electron chi connectivity index (χ1n) is 8.61. The molecule has 0 fully saturated rings. The number of unbranched alkanes of at least 4 members (excludes halogenated alkanes) is 1. The number of hydrogen-bond donors (Lipinski definition) is 3. The fraction of sp³-hybridized carbons (Fsp3) is 0.400. The van der Waals surface area contributed by atoms with Gasteiger partial charge in [0.1, 0.15) is 18.1 Å². The summed E-state index contributed by atoms with van der Waals surface area (Å²) in [6.07, 6.45) is 1.94. The van der Waals surface area contributed by atoms with Crippen LogP contribution in [0.5, 0.6) is 5.75 Å². The van der Waals surface area contributed by atoms with Crippen molar-refractivity contribution in [2.24, 2.45) is 0 Å². The minimum atomic E-state index is -0.933. The van der Waals surface area contributed by atoms with Gasteiger partial charge in [-0.15, -0.1) is 0 Å². The molecule has 24 heavy (non-hydrogen) atoms. The van der Waals surface area contributed by atoms with Gasteiger partial charge in [-0.05, 0) is 54.5 Å². The van der Waals surface area contributed by atoms with E-state index in [4.69, 9.17) is 0 Å². The van der Waals surface area contributed by atoms with Crippen molar-refractivity contribution in [1.29, 1.82) is 0 Å². The fourth-order valence-electron chi connectivity index (χ4n) is 3.39. The molecular weight excluding hydrogens is 302 g/mol. The molecule has 0 aromatic heterocycles. The van der Waals surface area contributed by atoms with Crippen molar-refractivity contribution >= 4 is 0 Å². The van der Waals surface area contributed by atoms with E-state index in [0.717, 1.165) is 37.8 Å². The van der Waals surface area contributed by atoms with Crippen molar-refractivity contribution in [3.63, 3.8) is 0 Å². The summed E-state index contributed by atoms with van der Waals surface area (Å²) in [7, 11) is 0. The molecule has 2 aromatic rings. The quantitative estimate of drug-likeness (QED) is 0.739. The van der Waals surface area contributed by atoms with Crippen LogP contribution in [0.1, 0.15) is 35.6 Å². The normalized spacial score (nSPS) is 21.2. The summed E-state index contributed by atoms with van der Waals surface area (Å²) in [5, 5.41) is 30.5. The first kappa shape index (κ1) is 17.0. The van der Waals surface area contributed by atoms with Crippen LogP contribution in [0, 0.1) is 0 Å². The molecule has 128 valence electrons. The van der Waals surface area contributed by atoms with E-state index in [1.165, 1.54) is 5.56 Å². The third-order valence-corrected chi connectivity index (χ3v) is 4.77. The van der Waals surface area contributed by atoms with Crippen molar-refractivity contribution in [2.45, 2.75) is 38.0 Å². The van der Waals surface area contributed by atoms with E-state index in [2.05, 4.69) is 24.3 Å². The van der Waals surface area contributed by atoms with Crippen LogP contribution in [-0.4, -0.2) is 39.5 Å². The van der Waals surface area contributed by atoms with Crippen LogP contribution >= 0.6 is 0 Å². The minimum absolute atomic E-state index is 0.201. The number of fused-ring (bicyclic) bond motifs is 1. The topological polar surface area (TPSA) is 63.9 Å². The van der Waals surface area contributed by atoms with Gasteiger partial charge in [0.2, 0.25) is 0 Å². The summed E-state index contributed by atoms with van der Waals surface area (Å²) in [6, 6.07) is 15.3. The molecule has 4 heteroatoms. The van der Waals surface area contributed by atoms with E-state index in [9.17, 15) is 15.3 Å². The van der Waals surface area contributed by atoms with E-state index in [0.29, 0.717) is 12.1 Å². The SMILES string of the molecule is Oc1ccc2c(c1)CCN(CCCCc1ccccc1)[C@H](O)[C@H]2O. The number of benzene rings is 2. The second-order valence-corrected chi connectivity index (χ2v) is 6.47. The average molecular weight is 327 g/mol. The van der Waals surface area contributed by atoms with Crippen LogP contribution in [0.2, 0.25) is 0 Å². The lowest BCUT2D eigenvalue weighted by atomic mass is 10.0. The Morgan fingerprint density at radius 1 is 1.00 bits per heavy atom. The van der Waals surface area contributed by atoms with Gasteiger partial charge in [0, 0.05) is 13.1 Å². The van der Waals surface area contributed by atoms with Crippen LogP contribution in [0.3, 0.4) is 0 Å². The number of nitrogens with zero attached hydrogens (tertiary/aromatic N) is 1. The third kappa shape index (κ3) is 3.96. The summed E-state index contributed by atoms with van der Waals surface area (Å²) in [6.45, 7) is 1.44. The molecular formula is C20H25NO3. The van der Waals surface area contributed by atoms with Crippen molar-refractivity contribution in [3.8, 4) is 5.75 Å². The fourth-order valence-corrected chi connectivity index (χ4v) is 3.39. The molecule has 0 bridgehead atoms. The van der Waals surface area contributed by atoms with Gasteiger partial charge in [-0.2, -0.15) is 0 Å². The first-order chi connectivity index (χ1) is 11.6. The molecule has 0 spiro atoms. The Hall–Kier alpha value is -1.88. The molecule has 3 N–H and O–H groups in total. The largest absolute Gasteiger partial charge is 0.508 e. The zero-order valence-corrected chi connectivity index (χ0v) is 13.8. The highest BCUT2D eigenvalue weighted by atomic mass is 16.3. The van der Waals surface area contributed by atoms with Gasteiger partial charge in [0.05, 0.1) is 0 Å². The van der Waals surface area contributed by atoms with E-state index in [1.54, 1.807) is 18.2 Å². The van der Waals surface area contributed by atoms with Gasteiger partial charge < -0.3 is 15.3 Å². The molecule has 2 aromatic carbocycles. The Morgan fingerprint density at radius 2 is 1.79 bits per heavy atom. The van der Waals surface area contributed by atoms with E-state index >= 15 is 0 Å². The number of rotatable bonds is 5. The molecule has 2 atom stereocenters. The maximum Gasteiger partial charge on any atom is 0.137 e. The Balaban J connectivity index is 1.55. The first-order valence-corrected chi connectivity index (χ1v) is 8.61. The zero-order valence-electron chi connectivity index (χ0n) is 13.8. The highest BCUT2D eigenvalue weighted by molar-refractivity contribution is 5.37. The summed E-state index contributed by atoms with van der Waals surface area (Å²) >= 11 is 0. The number of phenols is 1. The minimum Gasteiger partial charge on any atom is -0.508 e. The van der Waals surface area contributed by atoms with Crippen LogP contribution in [0.4, 0.5) is 0 Å². The van der Waals surface area contributed by atoms with Gasteiger partial charge in [-0.25, -0.2) is 0 Å². The lowest BCUT2D eigenvalue weighted by Crippen LogP contribution is -2.39. The third-order valence-electron chi connectivity index (χ3n) is 4.77. The smallest absolute Gasteiger partial charge is 0.137 e. The molecule has 0 unspecified atom stereocenters. The number of phenolic OH excluding ortho intramolecular Hbond substituents is 1. The van der Waals surface area contributed by atoms with Gasteiger partial charge in [0.25, 0.3) is 0 Å². The van der Waals surface area contributed by atoms with Crippen molar-refractivity contribution in [3.05, 3.63) is 65.2 Å². The Morgan fingerprint density at radius 3 is 2.58 bits per heavy atom. The Labute approximate surface area is 143 Å². The summed E-state index contributed by atoms with van der Waals surface area (Å²) in [4.78, 5) is 1.94. The molecule has 0 saturated carbocycles. The average Bonchev–Trinajstić information content (AvgIpc) is 2.71. The highest BCUT2D eigenvalue weighted by Gasteiger charge is 2.29. The monoisotopic (exact) mass is 327 g/mol. The molecule has 0 amide bonds. The van der Waals surface area contributed by atoms with Crippen LogP contribution in [0.25, 0.3) is 0 Å². The van der Waals surface area contributed by atoms with Crippen molar-refractivity contribution in [2.75, 3.05) is 13.1 Å². The van der Waals surface area contributed by atoms with Gasteiger partial charge in [0.15, 0.2) is 0 Å². The van der Waals surface area contributed by atoms with Gasteiger partial charge in [-0.3, -0.25) is 4.90 Å². The van der Waals surface area contributed by atoms with Crippen LogP contribution < -0.4 is 0 Å². The van der Waals surface area contributed by atoms with Crippen LogP contribution in [-0.2, 0) is 12.8 Å². The number of aliphatic hydroxyl groups is 2. The van der Waals surface area contributed by atoms with E-state index in [1.807, 2.05) is 11.0 Å². The lowest BCUT2D eigenvalue weighted by molar-refractivity contribution is -0.0813. The van der Waals surface area contributed by atoms with Gasteiger partial charge in [-0.1, -0.05) is 36.4 Å². The van der Waals surface area contributed by atoms with Crippen molar-refractivity contribution < 1.29 is 15.3 Å². The molecule has 0 aliphatic carbocycles. The number of aliphatic hydroxyl groups excluding tert-OH is 2. The maximum atomic E-state index is 10.5. The Kier molecular flexibility index (Phi) is 5.51. The number of hydrogen-bond acceptors (Lipinski definition) is 4. The number of aryl methyl sites for hydroxylation is 1. The molecule has 3 rings (SSSR count). The predicted molar refractivity (Wildman–Crippen MR) is 93.7 cm³/mol.